The average Bonchev–Trinajstić information content (AvgIpc) is 2.76. The Balaban J connectivity index is 2.56. The van der Waals surface area contributed by atoms with Crippen molar-refractivity contribution in [2.24, 2.45) is 5.92 Å². The van der Waals surface area contributed by atoms with Crippen LogP contribution in [0, 0.1) is 5.92 Å². The third-order valence-electron chi connectivity index (χ3n) is 3.53. The molecule has 2 rings (SSSR count). The Kier molecular flexibility index (Phi) is 4.35. The van der Waals surface area contributed by atoms with Gasteiger partial charge in [-0.05, 0) is 25.0 Å². The fraction of sp³-hybridized carbons (Fsp3) is 0.533. The highest BCUT2D eigenvalue weighted by atomic mass is 35.5. The molecular formula is C15H21ClN2O. The van der Waals surface area contributed by atoms with Gasteiger partial charge in [0.1, 0.15) is 11.6 Å². The summed E-state index contributed by atoms with van der Waals surface area (Å²) < 4.78 is 7.53. The van der Waals surface area contributed by atoms with Gasteiger partial charge in [-0.15, -0.1) is 11.6 Å². The minimum Gasteiger partial charge on any atom is -0.497 e. The van der Waals surface area contributed by atoms with Crippen molar-refractivity contribution in [1.82, 2.24) is 9.55 Å². The quantitative estimate of drug-likeness (QED) is 0.760. The Bertz CT molecular complexity index is 563. The van der Waals surface area contributed by atoms with Gasteiger partial charge in [0.25, 0.3) is 0 Å². The number of ether oxygens (including phenoxy) is 1. The molecule has 19 heavy (non-hydrogen) atoms. The van der Waals surface area contributed by atoms with E-state index in [0.717, 1.165) is 35.6 Å². The molecule has 0 amide bonds. The predicted octanol–water partition coefficient (Wildman–Crippen LogP) is 4.39. The number of fused-ring (bicyclic) bond motifs is 1. The van der Waals surface area contributed by atoms with Gasteiger partial charge >= 0.3 is 0 Å². The highest BCUT2D eigenvalue weighted by molar-refractivity contribution is 6.20. The number of benzene rings is 1. The SMILES string of the molecule is CCC(C)Cn1c(C(C)Cl)nc2ccc(OC)cc21. The van der Waals surface area contributed by atoms with Gasteiger partial charge in [-0.25, -0.2) is 4.98 Å². The minimum atomic E-state index is -0.0950. The number of halogens is 1. The molecule has 0 aliphatic carbocycles. The molecule has 3 nitrogen and oxygen atoms in total. The first-order valence-corrected chi connectivity index (χ1v) is 7.18. The van der Waals surface area contributed by atoms with Crippen LogP contribution >= 0.6 is 11.6 Å². The Labute approximate surface area is 119 Å². The molecule has 0 aliphatic rings. The lowest BCUT2D eigenvalue weighted by molar-refractivity contribution is 0.414. The molecule has 0 N–H and O–H groups in total. The number of imidazole rings is 1. The minimum absolute atomic E-state index is 0.0950. The maximum absolute atomic E-state index is 6.27. The lowest BCUT2D eigenvalue weighted by Gasteiger charge is -2.15. The van der Waals surface area contributed by atoms with Gasteiger partial charge in [0.15, 0.2) is 0 Å². The molecule has 4 heteroatoms. The van der Waals surface area contributed by atoms with Crippen LogP contribution in [0.4, 0.5) is 0 Å². The molecule has 0 bridgehead atoms. The highest BCUT2D eigenvalue weighted by Crippen LogP contribution is 2.28. The molecule has 0 fully saturated rings. The molecular weight excluding hydrogens is 260 g/mol. The molecule has 2 aromatic rings. The zero-order chi connectivity index (χ0) is 14.0. The molecule has 0 saturated heterocycles. The lowest BCUT2D eigenvalue weighted by atomic mass is 10.1. The first kappa shape index (κ1) is 14.2. The van der Waals surface area contributed by atoms with Crippen LogP contribution in [0.25, 0.3) is 11.0 Å². The maximum atomic E-state index is 6.27. The van der Waals surface area contributed by atoms with E-state index in [2.05, 4.69) is 23.4 Å². The number of methoxy groups -OCH3 is 1. The van der Waals surface area contributed by atoms with Crippen LogP contribution in [0.3, 0.4) is 0 Å². The standard InChI is InChI=1S/C15H21ClN2O/c1-5-10(2)9-18-14-8-12(19-4)6-7-13(14)17-15(18)11(3)16/h6-8,10-11H,5,9H2,1-4H3. The van der Waals surface area contributed by atoms with Crippen molar-refractivity contribution < 1.29 is 4.74 Å². The number of nitrogens with zero attached hydrogens (tertiary/aromatic N) is 2. The van der Waals surface area contributed by atoms with Crippen LogP contribution < -0.4 is 4.74 Å². The van der Waals surface area contributed by atoms with Crippen molar-refractivity contribution >= 4 is 22.6 Å². The summed E-state index contributed by atoms with van der Waals surface area (Å²) in [6, 6.07) is 5.96. The summed E-state index contributed by atoms with van der Waals surface area (Å²) in [6.07, 6.45) is 1.14. The highest BCUT2D eigenvalue weighted by Gasteiger charge is 2.16. The third kappa shape index (κ3) is 2.86. The zero-order valence-electron chi connectivity index (χ0n) is 12.0. The molecule has 1 aromatic carbocycles. The van der Waals surface area contributed by atoms with Crippen molar-refractivity contribution in [2.45, 2.75) is 39.1 Å². The van der Waals surface area contributed by atoms with Crippen LogP contribution in [0.5, 0.6) is 5.75 Å². The molecule has 0 aliphatic heterocycles. The molecule has 0 spiro atoms. The second kappa shape index (κ2) is 5.83. The van der Waals surface area contributed by atoms with E-state index in [4.69, 9.17) is 16.3 Å². The predicted molar refractivity (Wildman–Crippen MR) is 80.0 cm³/mol. The maximum Gasteiger partial charge on any atom is 0.127 e. The van der Waals surface area contributed by atoms with Crippen LogP contribution in [0.1, 0.15) is 38.4 Å². The summed E-state index contributed by atoms with van der Waals surface area (Å²) in [5, 5.41) is -0.0950. The molecule has 0 radical (unpaired) electrons. The fourth-order valence-corrected chi connectivity index (χ4v) is 2.35. The van der Waals surface area contributed by atoms with Gasteiger partial charge in [-0.3, -0.25) is 0 Å². The van der Waals surface area contributed by atoms with E-state index >= 15 is 0 Å². The van der Waals surface area contributed by atoms with Crippen molar-refractivity contribution in [1.29, 1.82) is 0 Å². The van der Waals surface area contributed by atoms with Gasteiger partial charge in [0.2, 0.25) is 0 Å². The smallest absolute Gasteiger partial charge is 0.127 e. The number of aromatic nitrogens is 2. The van der Waals surface area contributed by atoms with Gasteiger partial charge in [-0.1, -0.05) is 20.3 Å². The monoisotopic (exact) mass is 280 g/mol. The van der Waals surface area contributed by atoms with Crippen molar-refractivity contribution in [3.63, 3.8) is 0 Å². The van der Waals surface area contributed by atoms with E-state index in [1.165, 1.54) is 0 Å². The van der Waals surface area contributed by atoms with E-state index in [0.29, 0.717) is 5.92 Å². The van der Waals surface area contributed by atoms with Gasteiger partial charge in [-0.2, -0.15) is 0 Å². The second-order valence-electron chi connectivity index (χ2n) is 5.06. The Hall–Kier alpha value is -1.22. The summed E-state index contributed by atoms with van der Waals surface area (Å²) >= 11 is 6.27. The van der Waals surface area contributed by atoms with E-state index in [-0.39, 0.29) is 5.38 Å². The normalized spacial score (nSPS) is 14.6. The second-order valence-corrected chi connectivity index (χ2v) is 5.72. The largest absolute Gasteiger partial charge is 0.497 e. The van der Waals surface area contributed by atoms with Crippen LogP contribution in [-0.2, 0) is 6.54 Å². The molecule has 1 heterocycles. The molecule has 2 unspecified atom stereocenters. The molecule has 2 atom stereocenters. The van der Waals surface area contributed by atoms with E-state index in [1.807, 2.05) is 25.1 Å². The van der Waals surface area contributed by atoms with E-state index in [1.54, 1.807) is 7.11 Å². The number of alkyl halides is 1. The Morgan fingerprint density at radius 3 is 2.68 bits per heavy atom. The van der Waals surface area contributed by atoms with Crippen molar-refractivity contribution in [2.75, 3.05) is 7.11 Å². The fourth-order valence-electron chi connectivity index (χ4n) is 2.18. The summed E-state index contributed by atoms with van der Waals surface area (Å²) in [5.74, 6) is 2.38. The van der Waals surface area contributed by atoms with Crippen LogP contribution in [0.2, 0.25) is 0 Å². The van der Waals surface area contributed by atoms with Crippen LogP contribution in [-0.4, -0.2) is 16.7 Å². The summed E-state index contributed by atoms with van der Waals surface area (Å²) in [6.45, 7) is 7.35. The summed E-state index contributed by atoms with van der Waals surface area (Å²) in [4.78, 5) is 4.65. The van der Waals surface area contributed by atoms with E-state index in [9.17, 15) is 0 Å². The van der Waals surface area contributed by atoms with Crippen LogP contribution in [0.15, 0.2) is 18.2 Å². The van der Waals surface area contributed by atoms with Crippen molar-refractivity contribution in [3.05, 3.63) is 24.0 Å². The topological polar surface area (TPSA) is 27.1 Å². The average molecular weight is 281 g/mol. The number of rotatable bonds is 5. The van der Waals surface area contributed by atoms with Gasteiger partial charge in [0, 0.05) is 12.6 Å². The van der Waals surface area contributed by atoms with Gasteiger partial charge in [0.05, 0.1) is 23.5 Å². The number of hydrogen-bond donors (Lipinski definition) is 0. The first-order chi connectivity index (χ1) is 9.06. The van der Waals surface area contributed by atoms with Crippen molar-refractivity contribution in [3.8, 4) is 5.75 Å². The number of hydrogen-bond acceptors (Lipinski definition) is 2. The Morgan fingerprint density at radius 2 is 2.11 bits per heavy atom. The first-order valence-electron chi connectivity index (χ1n) is 6.75. The molecule has 1 aromatic heterocycles. The lowest BCUT2D eigenvalue weighted by Crippen LogP contribution is -2.10. The van der Waals surface area contributed by atoms with E-state index < -0.39 is 0 Å². The Morgan fingerprint density at radius 1 is 1.37 bits per heavy atom. The third-order valence-corrected chi connectivity index (χ3v) is 3.73. The summed E-state index contributed by atoms with van der Waals surface area (Å²) in [5.41, 5.74) is 2.08. The summed E-state index contributed by atoms with van der Waals surface area (Å²) in [7, 11) is 1.68. The zero-order valence-corrected chi connectivity index (χ0v) is 12.7. The molecule has 0 saturated carbocycles. The van der Waals surface area contributed by atoms with Gasteiger partial charge < -0.3 is 9.30 Å². The molecule has 104 valence electrons.